The Kier molecular flexibility index (Phi) is 8.31. The number of carbonyl (C=O) groups excluding carboxylic acids is 3. The van der Waals surface area contributed by atoms with Crippen LogP contribution in [-0.2, 0) is 9.59 Å². The van der Waals surface area contributed by atoms with Crippen LogP contribution in [0.2, 0.25) is 0 Å². The van der Waals surface area contributed by atoms with Crippen LogP contribution in [0, 0.1) is 5.82 Å². The number of Topliss-reactive ketones (excluding diaryl/α,β-unsaturated/α-hetero) is 1. The van der Waals surface area contributed by atoms with Gasteiger partial charge in [0.05, 0.1) is 46.3 Å². The van der Waals surface area contributed by atoms with E-state index < -0.39 is 29.5 Å². The number of nitrogen functional groups attached to an aromatic ring is 1. The highest BCUT2D eigenvalue weighted by Crippen LogP contribution is 2.30. The zero-order chi connectivity index (χ0) is 30.0. The molecule has 2 aromatic heterocycles. The molecule has 3 heterocycles. The average Bonchev–Trinajstić information content (AvgIpc) is 3.35. The van der Waals surface area contributed by atoms with E-state index in [-0.39, 0.29) is 65.5 Å². The normalized spacial score (nSPS) is 15.2. The smallest absolute Gasteiger partial charge is 0.261 e. The largest absolute Gasteiger partial charge is 0.397 e. The van der Waals surface area contributed by atoms with Crippen LogP contribution < -0.4 is 16.6 Å². The number of fused-ring (bicyclic) bond motifs is 2. The molecule has 13 heteroatoms. The molecule has 42 heavy (non-hydrogen) atoms. The van der Waals surface area contributed by atoms with Crippen molar-refractivity contribution in [3.8, 4) is 11.4 Å². The van der Waals surface area contributed by atoms with Crippen molar-refractivity contribution in [1.82, 2.24) is 25.2 Å². The van der Waals surface area contributed by atoms with E-state index in [4.69, 9.17) is 5.73 Å². The molecule has 1 fully saturated rings. The zero-order valence-electron chi connectivity index (χ0n) is 22.7. The third-order valence-corrected chi connectivity index (χ3v) is 7.40. The minimum absolute atomic E-state index is 0.0151. The van der Waals surface area contributed by atoms with Gasteiger partial charge in [-0.3, -0.25) is 19.2 Å². The Hall–Kier alpha value is -4.62. The average molecular weight is 579 g/mol. The van der Waals surface area contributed by atoms with Gasteiger partial charge in [-0.2, -0.15) is 0 Å². The highest BCUT2D eigenvalue weighted by Gasteiger charge is 2.24. The number of hydrogen-bond donors (Lipinski definition) is 6. The molecule has 1 saturated heterocycles. The molecule has 2 aromatic carbocycles. The molecule has 0 aliphatic carbocycles. The minimum Gasteiger partial charge on any atom is -0.397 e. The number of halogens is 1. The second-order valence-electron chi connectivity index (χ2n) is 10.4. The molecule has 2 amide bonds. The van der Waals surface area contributed by atoms with E-state index in [9.17, 15) is 33.8 Å². The van der Waals surface area contributed by atoms with Crippen LogP contribution in [0.15, 0.2) is 41.2 Å². The number of benzene rings is 2. The van der Waals surface area contributed by atoms with Crippen molar-refractivity contribution >= 4 is 45.2 Å². The topological polar surface area (TPSA) is 194 Å². The number of H-pyrrole nitrogens is 2. The van der Waals surface area contributed by atoms with E-state index in [0.29, 0.717) is 42.5 Å². The zero-order valence-corrected chi connectivity index (χ0v) is 22.7. The monoisotopic (exact) mass is 578 g/mol. The summed E-state index contributed by atoms with van der Waals surface area (Å²) in [5.74, 6) is -1.01. The molecule has 5 rings (SSSR count). The number of nitrogens with one attached hydrogen (secondary N) is 3. The maximum absolute atomic E-state index is 14.4. The number of aliphatic hydroxyl groups is 2. The van der Waals surface area contributed by atoms with Gasteiger partial charge in [0.25, 0.3) is 11.5 Å². The Morgan fingerprint density at radius 1 is 1.07 bits per heavy atom. The standard InChI is InChI=1S/C29H31FN6O6/c30-19-2-1-3-21-24(19)26(31)25(29(42)35-21)27-33-20-5-4-15(12-22(20)34-27)28(41)32-9-6-17(38)13-18(39)14-23(40)36-10-7-16(37)8-11-36/h1-5,12,17-18,38-39H,6-11,13-14H2,(H,32,41)(H,33,34)(H3,31,35,42)/t17-,18-/m1/s1. The molecular formula is C29H31FN6O6. The summed E-state index contributed by atoms with van der Waals surface area (Å²) in [6, 6.07) is 8.95. The van der Waals surface area contributed by atoms with E-state index in [2.05, 4.69) is 20.3 Å². The summed E-state index contributed by atoms with van der Waals surface area (Å²) in [4.78, 5) is 60.7. The molecule has 4 aromatic rings. The Balaban J connectivity index is 1.18. The van der Waals surface area contributed by atoms with E-state index >= 15 is 0 Å². The molecule has 7 N–H and O–H groups in total. The minimum atomic E-state index is -1.04. The summed E-state index contributed by atoms with van der Waals surface area (Å²) < 4.78 is 14.4. The number of aliphatic hydroxyl groups excluding tert-OH is 2. The van der Waals surface area contributed by atoms with Gasteiger partial charge >= 0.3 is 0 Å². The number of ketones is 1. The van der Waals surface area contributed by atoms with Crippen molar-refractivity contribution in [3.63, 3.8) is 0 Å². The number of rotatable bonds is 9. The number of piperidine rings is 1. The van der Waals surface area contributed by atoms with Crippen molar-refractivity contribution in [2.75, 3.05) is 25.4 Å². The highest BCUT2D eigenvalue weighted by atomic mass is 19.1. The van der Waals surface area contributed by atoms with E-state index in [1.165, 1.54) is 12.1 Å². The lowest BCUT2D eigenvalue weighted by Crippen LogP contribution is -2.40. The Bertz CT molecular complexity index is 1720. The number of nitrogens with two attached hydrogens (primary N) is 1. The molecule has 0 saturated carbocycles. The van der Waals surface area contributed by atoms with Gasteiger partial charge in [-0.1, -0.05) is 6.07 Å². The first-order valence-electron chi connectivity index (χ1n) is 13.6. The van der Waals surface area contributed by atoms with Crippen LogP contribution in [0.25, 0.3) is 33.3 Å². The second-order valence-corrected chi connectivity index (χ2v) is 10.4. The number of pyridine rings is 1. The summed E-state index contributed by atoms with van der Waals surface area (Å²) in [6.07, 6.45) is -1.36. The summed E-state index contributed by atoms with van der Waals surface area (Å²) in [5, 5.41) is 23.3. The van der Waals surface area contributed by atoms with Gasteiger partial charge in [-0.25, -0.2) is 9.37 Å². The summed E-state index contributed by atoms with van der Waals surface area (Å²) in [5.41, 5.74) is 7.04. The number of anilines is 1. The predicted molar refractivity (Wildman–Crippen MR) is 153 cm³/mol. The van der Waals surface area contributed by atoms with Crippen LogP contribution in [0.1, 0.15) is 42.5 Å². The van der Waals surface area contributed by atoms with E-state index in [1.54, 1.807) is 29.2 Å². The molecule has 1 aliphatic heterocycles. The Labute approximate surface area is 238 Å². The fourth-order valence-electron chi connectivity index (χ4n) is 5.14. The van der Waals surface area contributed by atoms with Gasteiger partial charge in [0, 0.05) is 38.0 Å². The Morgan fingerprint density at radius 2 is 1.83 bits per heavy atom. The lowest BCUT2D eigenvalue weighted by molar-refractivity contribution is -0.136. The van der Waals surface area contributed by atoms with E-state index in [1.807, 2.05) is 0 Å². The fraction of sp³-hybridized carbons (Fsp3) is 0.345. The molecule has 2 atom stereocenters. The summed E-state index contributed by atoms with van der Waals surface area (Å²) >= 11 is 0. The fourth-order valence-corrected chi connectivity index (χ4v) is 5.14. The van der Waals surface area contributed by atoms with Crippen molar-refractivity contribution in [2.24, 2.45) is 0 Å². The number of aromatic amines is 2. The lowest BCUT2D eigenvalue weighted by atomic mass is 10.0. The molecule has 220 valence electrons. The maximum Gasteiger partial charge on any atom is 0.261 e. The number of carbonyl (C=O) groups is 3. The van der Waals surface area contributed by atoms with Gasteiger partial charge in [0.15, 0.2) is 0 Å². The highest BCUT2D eigenvalue weighted by molar-refractivity contribution is 6.00. The second kappa shape index (κ2) is 12.1. The maximum atomic E-state index is 14.4. The molecule has 0 radical (unpaired) electrons. The van der Waals surface area contributed by atoms with Gasteiger partial charge < -0.3 is 36.1 Å². The third kappa shape index (κ3) is 6.16. The number of hydrogen-bond acceptors (Lipinski definition) is 8. The van der Waals surface area contributed by atoms with Crippen molar-refractivity contribution in [1.29, 1.82) is 0 Å². The van der Waals surface area contributed by atoms with Crippen LogP contribution in [0.5, 0.6) is 0 Å². The van der Waals surface area contributed by atoms with Crippen LogP contribution in [0.4, 0.5) is 10.1 Å². The van der Waals surface area contributed by atoms with Gasteiger partial charge in [0.2, 0.25) is 5.91 Å². The lowest BCUT2D eigenvalue weighted by Gasteiger charge is -2.27. The van der Waals surface area contributed by atoms with Crippen molar-refractivity contribution < 1.29 is 29.0 Å². The van der Waals surface area contributed by atoms with Crippen LogP contribution >= 0.6 is 0 Å². The van der Waals surface area contributed by atoms with E-state index in [0.717, 1.165) is 0 Å². The predicted octanol–water partition coefficient (Wildman–Crippen LogP) is 1.61. The molecule has 1 aliphatic rings. The first kappa shape index (κ1) is 28.9. The number of likely N-dealkylation sites (tertiary alicyclic amines) is 1. The molecule has 0 unspecified atom stereocenters. The van der Waals surface area contributed by atoms with Crippen molar-refractivity contribution in [2.45, 2.75) is 44.3 Å². The molecule has 0 spiro atoms. The van der Waals surface area contributed by atoms with Crippen LogP contribution in [-0.4, -0.2) is 79.5 Å². The molecular weight excluding hydrogens is 547 g/mol. The number of imidazole rings is 1. The Morgan fingerprint density at radius 3 is 2.60 bits per heavy atom. The SMILES string of the molecule is Nc1c(-c2nc3ccc(C(=O)NCC[C@@H](O)C[C@@H](O)CC(=O)N4CCC(=O)CC4)cc3[nH]2)c(=O)[nH]c2cccc(F)c12. The molecule has 0 bridgehead atoms. The number of aromatic nitrogens is 3. The van der Waals surface area contributed by atoms with Crippen molar-refractivity contribution in [3.05, 3.63) is 58.1 Å². The van der Waals surface area contributed by atoms with Crippen LogP contribution in [0.3, 0.4) is 0 Å². The summed E-state index contributed by atoms with van der Waals surface area (Å²) in [6.45, 7) is 0.816. The summed E-state index contributed by atoms with van der Waals surface area (Å²) in [7, 11) is 0. The number of amides is 2. The first-order valence-corrected chi connectivity index (χ1v) is 13.6. The van der Waals surface area contributed by atoms with Gasteiger partial charge in [0.1, 0.15) is 23.0 Å². The third-order valence-electron chi connectivity index (χ3n) is 7.40. The first-order chi connectivity index (χ1) is 20.1. The quantitative estimate of drug-likeness (QED) is 0.172. The molecule has 12 nitrogen and oxygen atoms in total. The van der Waals surface area contributed by atoms with Gasteiger partial charge in [-0.15, -0.1) is 0 Å². The van der Waals surface area contributed by atoms with Gasteiger partial charge in [-0.05, 0) is 43.2 Å². The number of nitrogens with zero attached hydrogens (tertiary/aromatic N) is 2.